The summed E-state index contributed by atoms with van der Waals surface area (Å²) in [6, 6.07) is 5.14. The van der Waals surface area contributed by atoms with Gasteiger partial charge in [0.15, 0.2) is 11.5 Å². The van der Waals surface area contributed by atoms with Crippen LogP contribution >= 0.6 is 0 Å². The van der Waals surface area contributed by atoms with Gasteiger partial charge in [0.2, 0.25) is 0 Å². The number of aromatic nitrogens is 1. The first kappa shape index (κ1) is 11.9. The van der Waals surface area contributed by atoms with Gasteiger partial charge in [0, 0.05) is 13.5 Å². The molecule has 1 heterocycles. The zero-order chi connectivity index (χ0) is 12.5. The van der Waals surface area contributed by atoms with Gasteiger partial charge < -0.3 is 9.73 Å². The van der Waals surface area contributed by atoms with Crippen LogP contribution in [0.3, 0.4) is 0 Å². The lowest BCUT2D eigenvalue weighted by atomic mass is 10.2. The molecule has 1 aromatic heterocycles. The van der Waals surface area contributed by atoms with Gasteiger partial charge in [-0.1, -0.05) is 6.07 Å². The summed E-state index contributed by atoms with van der Waals surface area (Å²) < 4.78 is 41.0. The molecule has 2 aromatic rings. The van der Waals surface area contributed by atoms with Gasteiger partial charge in [-0.25, -0.2) is 4.98 Å². The number of benzene rings is 1. The predicted octanol–water partition coefficient (Wildman–Crippen LogP) is 2.79. The maximum Gasteiger partial charge on any atom is 0.401 e. The Morgan fingerprint density at radius 2 is 2.12 bits per heavy atom. The Labute approximate surface area is 95.6 Å². The van der Waals surface area contributed by atoms with Crippen molar-refractivity contribution in [2.75, 3.05) is 6.54 Å². The fraction of sp³-hybridized carbons (Fsp3) is 0.364. The molecule has 6 heteroatoms. The summed E-state index contributed by atoms with van der Waals surface area (Å²) in [4.78, 5) is 4.11. The second kappa shape index (κ2) is 4.37. The summed E-state index contributed by atoms with van der Waals surface area (Å²) in [7, 11) is 0. The molecule has 0 spiro atoms. The first-order valence-electron chi connectivity index (χ1n) is 5.07. The number of hydrogen-bond acceptors (Lipinski definition) is 3. The van der Waals surface area contributed by atoms with Crippen LogP contribution in [0.5, 0.6) is 0 Å². The van der Waals surface area contributed by atoms with E-state index in [-0.39, 0.29) is 6.54 Å². The molecule has 0 aliphatic heterocycles. The second-order valence-electron chi connectivity index (χ2n) is 3.75. The molecule has 17 heavy (non-hydrogen) atoms. The smallest absolute Gasteiger partial charge is 0.401 e. The number of hydrogen-bond donors (Lipinski definition) is 1. The van der Waals surface area contributed by atoms with Crippen LogP contribution in [0, 0.1) is 6.92 Å². The highest BCUT2D eigenvalue weighted by Gasteiger charge is 2.26. The van der Waals surface area contributed by atoms with Crippen molar-refractivity contribution in [1.29, 1.82) is 0 Å². The average molecular weight is 244 g/mol. The molecular weight excluding hydrogens is 233 g/mol. The van der Waals surface area contributed by atoms with Crippen LogP contribution < -0.4 is 5.32 Å². The molecule has 0 amide bonds. The average Bonchev–Trinajstić information content (AvgIpc) is 2.55. The molecule has 0 aliphatic carbocycles. The minimum Gasteiger partial charge on any atom is -0.441 e. The van der Waals surface area contributed by atoms with Crippen LogP contribution in [-0.2, 0) is 6.54 Å². The van der Waals surface area contributed by atoms with Gasteiger partial charge in [0.05, 0.1) is 6.54 Å². The molecule has 0 atom stereocenters. The van der Waals surface area contributed by atoms with Crippen LogP contribution in [-0.4, -0.2) is 17.7 Å². The van der Waals surface area contributed by atoms with Crippen molar-refractivity contribution in [3.8, 4) is 0 Å². The lowest BCUT2D eigenvalue weighted by molar-refractivity contribution is -0.125. The van der Waals surface area contributed by atoms with Crippen molar-refractivity contribution in [2.45, 2.75) is 19.6 Å². The molecule has 1 aromatic carbocycles. The van der Waals surface area contributed by atoms with Crippen molar-refractivity contribution >= 4 is 11.1 Å². The number of oxazole rings is 1. The normalized spacial score (nSPS) is 12.2. The minimum atomic E-state index is -4.19. The number of halogens is 3. The molecule has 2 rings (SSSR count). The summed E-state index contributed by atoms with van der Waals surface area (Å²) >= 11 is 0. The predicted molar refractivity (Wildman–Crippen MR) is 56.5 cm³/mol. The molecule has 0 fully saturated rings. The first-order chi connectivity index (χ1) is 7.94. The molecule has 0 saturated heterocycles. The highest BCUT2D eigenvalue weighted by molar-refractivity contribution is 5.73. The van der Waals surface area contributed by atoms with Crippen LogP contribution in [0.25, 0.3) is 11.1 Å². The molecule has 1 N–H and O–H groups in total. The Kier molecular flexibility index (Phi) is 3.06. The Morgan fingerprint density at radius 1 is 1.35 bits per heavy atom. The number of fused-ring (bicyclic) bond motifs is 1. The van der Waals surface area contributed by atoms with Crippen LogP contribution in [0.15, 0.2) is 22.6 Å². The third kappa shape index (κ3) is 3.20. The Bertz CT molecular complexity index is 519. The number of nitrogens with one attached hydrogen (secondary N) is 1. The van der Waals surface area contributed by atoms with E-state index in [9.17, 15) is 13.2 Å². The number of nitrogens with zero attached hydrogens (tertiary/aromatic N) is 1. The van der Waals surface area contributed by atoms with E-state index in [1.807, 2.05) is 0 Å². The van der Waals surface area contributed by atoms with Gasteiger partial charge in [0.25, 0.3) is 0 Å². The summed E-state index contributed by atoms with van der Waals surface area (Å²) in [6.07, 6.45) is -4.19. The third-order valence-electron chi connectivity index (χ3n) is 2.21. The molecule has 0 saturated carbocycles. The number of alkyl halides is 3. The quantitative estimate of drug-likeness (QED) is 0.902. The SMILES string of the molecule is Cc1nc2cc(CNCC(F)(F)F)ccc2o1. The van der Waals surface area contributed by atoms with Crippen molar-refractivity contribution in [3.05, 3.63) is 29.7 Å². The summed E-state index contributed by atoms with van der Waals surface area (Å²) in [5.74, 6) is 0.542. The van der Waals surface area contributed by atoms with E-state index in [0.29, 0.717) is 17.0 Å². The van der Waals surface area contributed by atoms with Crippen molar-refractivity contribution in [1.82, 2.24) is 10.3 Å². The molecule has 3 nitrogen and oxygen atoms in total. The molecule has 0 radical (unpaired) electrons. The van der Waals surface area contributed by atoms with E-state index in [0.717, 1.165) is 5.56 Å². The summed E-state index contributed by atoms with van der Waals surface area (Å²) in [5, 5.41) is 2.33. The molecule has 0 unspecified atom stereocenters. The van der Waals surface area contributed by atoms with Crippen LogP contribution in [0.4, 0.5) is 13.2 Å². The van der Waals surface area contributed by atoms with Crippen molar-refractivity contribution in [2.24, 2.45) is 0 Å². The Hall–Kier alpha value is -1.56. The van der Waals surface area contributed by atoms with Gasteiger partial charge in [0.1, 0.15) is 5.52 Å². The molecule has 0 aliphatic rings. The largest absolute Gasteiger partial charge is 0.441 e. The topological polar surface area (TPSA) is 38.1 Å². The Balaban J connectivity index is 2.04. The van der Waals surface area contributed by atoms with Crippen LogP contribution in [0.2, 0.25) is 0 Å². The Morgan fingerprint density at radius 3 is 2.82 bits per heavy atom. The highest BCUT2D eigenvalue weighted by atomic mass is 19.4. The lowest BCUT2D eigenvalue weighted by Gasteiger charge is -2.07. The third-order valence-corrected chi connectivity index (χ3v) is 2.21. The standard InChI is InChI=1S/C11H11F3N2O/c1-7-16-9-4-8(2-3-10(9)17-7)5-15-6-11(12,13)14/h2-4,15H,5-6H2,1H3. The van der Waals surface area contributed by atoms with E-state index >= 15 is 0 Å². The van der Waals surface area contributed by atoms with Crippen molar-refractivity contribution < 1.29 is 17.6 Å². The van der Waals surface area contributed by atoms with Gasteiger partial charge in [-0.15, -0.1) is 0 Å². The first-order valence-corrected chi connectivity index (χ1v) is 5.07. The zero-order valence-corrected chi connectivity index (χ0v) is 9.14. The zero-order valence-electron chi connectivity index (χ0n) is 9.14. The summed E-state index contributed by atoms with van der Waals surface area (Å²) in [6.45, 7) is 0.881. The van der Waals surface area contributed by atoms with Gasteiger partial charge in [-0.3, -0.25) is 0 Å². The fourth-order valence-corrected chi connectivity index (χ4v) is 1.55. The summed E-state index contributed by atoms with van der Waals surface area (Å²) in [5.41, 5.74) is 2.05. The van der Waals surface area contributed by atoms with Gasteiger partial charge >= 0.3 is 6.18 Å². The lowest BCUT2D eigenvalue weighted by Crippen LogP contribution is -2.28. The molecule has 0 bridgehead atoms. The maximum absolute atomic E-state index is 11.9. The van der Waals surface area contributed by atoms with Gasteiger partial charge in [-0.05, 0) is 17.7 Å². The van der Waals surface area contributed by atoms with Gasteiger partial charge in [-0.2, -0.15) is 13.2 Å². The molecule has 92 valence electrons. The van der Waals surface area contributed by atoms with Crippen molar-refractivity contribution in [3.63, 3.8) is 0 Å². The van der Waals surface area contributed by atoms with E-state index in [1.165, 1.54) is 0 Å². The van der Waals surface area contributed by atoms with E-state index < -0.39 is 12.7 Å². The maximum atomic E-state index is 11.9. The van der Waals surface area contributed by atoms with E-state index in [1.54, 1.807) is 25.1 Å². The van der Waals surface area contributed by atoms with E-state index in [4.69, 9.17) is 4.42 Å². The number of aryl methyl sites for hydroxylation is 1. The monoisotopic (exact) mass is 244 g/mol. The highest BCUT2D eigenvalue weighted by Crippen LogP contribution is 2.17. The fourth-order valence-electron chi connectivity index (χ4n) is 1.55. The molecular formula is C11H11F3N2O. The number of rotatable bonds is 3. The second-order valence-corrected chi connectivity index (χ2v) is 3.75. The minimum absolute atomic E-state index is 0.154. The van der Waals surface area contributed by atoms with Crippen LogP contribution in [0.1, 0.15) is 11.5 Å². The van der Waals surface area contributed by atoms with E-state index in [2.05, 4.69) is 10.3 Å².